The van der Waals surface area contributed by atoms with E-state index in [4.69, 9.17) is 0 Å². The minimum Gasteiger partial charge on any atom is -0.396 e. The van der Waals surface area contributed by atoms with Gasteiger partial charge in [-0.25, -0.2) is 0 Å². The molecule has 1 rings (SSSR count). The number of aliphatic hydroxyl groups excluding tert-OH is 2. The van der Waals surface area contributed by atoms with E-state index in [0.717, 1.165) is 5.92 Å². The molecule has 3 heteroatoms. The van der Waals surface area contributed by atoms with Gasteiger partial charge in [-0.05, 0) is 31.6 Å². The highest BCUT2D eigenvalue weighted by Gasteiger charge is 2.25. The smallest absolute Gasteiger partial charge is 0.0518 e. The summed E-state index contributed by atoms with van der Waals surface area (Å²) in [5.74, 6) is 0.931. The summed E-state index contributed by atoms with van der Waals surface area (Å²) >= 11 is 0. The summed E-state index contributed by atoms with van der Waals surface area (Å²) in [7, 11) is 0. The van der Waals surface area contributed by atoms with Crippen LogP contribution in [0.1, 0.15) is 52.4 Å². The second-order valence-corrected chi connectivity index (χ2v) is 6.01. The molecular formula is C14H29NO2. The van der Waals surface area contributed by atoms with Gasteiger partial charge in [0.15, 0.2) is 0 Å². The fourth-order valence-corrected chi connectivity index (χ4v) is 2.62. The molecule has 1 aliphatic rings. The van der Waals surface area contributed by atoms with Gasteiger partial charge in [-0.15, -0.1) is 0 Å². The lowest BCUT2D eigenvalue weighted by atomic mass is 9.83. The Hall–Kier alpha value is -0.120. The monoisotopic (exact) mass is 243 g/mol. The van der Waals surface area contributed by atoms with Gasteiger partial charge in [0.2, 0.25) is 0 Å². The van der Waals surface area contributed by atoms with Crippen molar-refractivity contribution in [1.82, 2.24) is 5.32 Å². The van der Waals surface area contributed by atoms with Crippen LogP contribution < -0.4 is 5.32 Å². The van der Waals surface area contributed by atoms with Crippen molar-refractivity contribution >= 4 is 0 Å². The molecule has 0 aromatic rings. The van der Waals surface area contributed by atoms with Crippen molar-refractivity contribution < 1.29 is 10.2 Å². The maximum absolute atomic E-state index is 9.23. The molecule has 1 fully saturated rings. The van der Waals surface area contributed by atoms with Crippen molar-refractivity contribution in [2.24, 2.45) is 11.3 Å². The molecule has 0 aromatic heterocycles. The molecule has 3 N–H and O–H groups in total. The van der Waals surface area contributed by atoms with Crippen molar-refractivity contribution in [2.45, 2.75) is 58.4 Å². The molecule has 0 bridgehead atoms. The van der Waals surface area contributed by atoms with E-state index in [1.54, 1.807) is 0 Å². The highest BCUT2D eigenvalue weighted by Crippen LogP contribution is 2.28. The van der Waals surface area contributed by atoms with Gasteiger partial charge in [-0.3, -0.25) is 0 Å². The van der Waals surface area contributed by atoms with Crippen molar-refractivity contribution in [2.75, 3.05) is 19.8 Å². The molecule has 3 nitrogen and oxygen atoms in total. The first-order valence-corrected chi connectivity index (χ1v) is 7.08. The van der Waals surface area contributed by atoms with E-state index in [9.17, 15) is 10.2 Å². The predicted octanol–water partition coefficient (Wildman–Crippen LogP) is 1.93. The minimum absolute atomic E-state index is 0.0433. The number of nitrogens with one attached hydrogen (secondary N) is 1. The summed E-state index contributed by atoms with van der Waals surface area (Å²) in [6, 6.07) is 0.584. The summed E-state index contributed by atoms with van der Waals surface area (Å²) in [6.45, 7) is 4.98. The zero-order valence-corrected chi connectivity index (χ0v) is 11.4. The van der Waals surface area contributed by atoms with Gasteiger partial charge in [0.05, 0.1) is 13.2 Å². The van der Waals surface area contributed by atoms with Crippen LogP contribution in [0.15, 0.2) is 0 Å². The van der Waals surface area contributed by atoms with Gasteiger partial charge in [0, 0.05) is 18.0 Å². The molecule has 1 saturated carbocycles. The van der Waals surface area contributed by atoms with Crippen LogP contribution in [0.5, 0.6) is 0 Å². The molecule has 0 aromatic carbocycles. The summed E-state index contributed by atoms with van der Waals surface area (Å²) in [4.78, 5) is 0. The minimum atomic E-state index is -0.375. The third-order valence-electron chi connectivity index (χ3n) is 4.12. The van der Waals surface area contributed by atoms with Gasteiger partial charge in [-0.2, -0.15) is 0 Å². The molecule has 0 amide bonds. The fourth-order valence-electron chi connectivity index (χ4n) is 2.62. The molecule has 1 aliphatic carbocycles. The average Bonchev–Trinajstić information content (AvgIpc) is 2.38. The number of hydrogen-bond donors (Lipinski definition) is 3. The molecule has 0 saturated heterocycles. The predicted molar refractivity (Wildman–Crippen MR) is 70.9 cm³/mol. The van der Waals surface area contributed by atoms with Gasteiger partial charge in [-0.1, -0.05) is 26.7 Å². The zero-order chi connectivity index (χ0) is 12.7. The average molecular weight is 243 g/mol. The molecule has 0 atom stereocenters. The van der Waals surface area contributed by atoms with E-state index in [0.29, 0.717) is 12.6 Å². The summed E-state index contributed by atoms with van der Waals surface area (Å²) in [5, 5.41) is 22.0. The zero-order valence-electron chi connectivity index (χ0n) is 11.4. The Kier molecular flexibility index (Phi) is 6.45. The fraction of sp³-hybridized carbons (Fsp3) is 1.00. The van der Waals surface area contributed by atoms with Crippen molar-refractivity contribution in [3.05, 3.63) is 0 Å². The molecule has 0 aliphatic heterocycles. The summed E-state index contributed by atoms with van der Waals surface area (Å²) < 4.78 is 0. The Morgan fingerprint density at radius 2 is 1.71 bits per heavy atom. The van der Waals surface area contributed by atoms with Crippen molar-refractivity contribution in [1.29, 1.82) is 0 Å². The number of rotatable bonds is 7. The molecule has 102 valence electrons. The van der Waals surface area contributed by atoms with Crippen LogP contribution >= 0.6 is 0 Å². The van der Waals surface area contributed by atoms with Crippen LogP contribution in [-0.2, 0) is 0 Å². The van der Waals surface area contributed by atoms with Crippen LogP contribution in [0.25, 0.3) is 0 Å². The van der Waals surface area contributed by atoms with Crippen molar-refractivity contribution in [3.63, 3.8) is 0 Å². The van der Waals surface area contributed by atoms with E-state index >= 15 is 0 Å². The Morgan fingerprint density at radius 1 is 1.12 bits per heavy atom. The first kappa shape index (κ1) is 14.9. The largest absolute Gasteiger partial charge is 0.396 e. The normalized spacial score (nSPS) is 26.1. The second-order valence-electron chi connectivity index (χ2n) is 6.01. The van der Waals surface area contributed by atoms with Crippen LogP contribution in [-0.4, -0.2) is 36.0 Å². The SMILES string of the molecule is CCCC1CCC(NCC(C)(CO)CO)CC1. The standard InChI is InChI=1S/C14H29NO2/c1-3-4-12-5-7-13(8-6-12)15-9-14(2,10-16)11-17/h12-13,15-17H,3-11H2,1-2H3. The van der Waals surface area contributed by atoms with Crippen LogP contribution in [0.3, 0.4) is 0 Å². The molecule has 0 heterocycles. The topological polar surface area (TPSA) is 52.5 Å². The first-order chi connectivity index (χ1) is 8.13. The summed E-state index contributed by atoms with van der Waals surface area (Å²) in [6.07, 6.45) is 7.84. The van der Waals surface area contributed by atoms with E-state index in [2.05, 4.69) is 12.2 Å². The molecule has 0 spiro atoms. The van der Waals surface area contributed by atoms with Gasteiger partial charge in [0.1, 0.15) is 0 Å². The maximum atomic E-state index is 9.23. The Morgan fingerprint density at radius 3 is 2.18 bits per heavy atom. The molecule has 0 unspecified atom stereocenters. The van der Waals surface area contributed by atoms with Gasteiger partial charge >= 0.3 is 0 Å². The molecule has 0 radical (unpaired) electrons. The van der Waals surface area contributed by atoms with Gasteiger partial charge in [0.25, 0.3) is 0 Å². The Labute approximate surface area is 106 Å². The molecular weight excluding hydrogens is 214 g/mol. The number of hydrogen-bond acceptors (Lipinski definition) is 3. The quantitative estimate of drug-likeness (QED) is 0.640. The lowest BCUT2D eigenvalue weighted by molar-refractivity contribution is 0.0651. The van der Waals surface area contributed by atoms with E-state index in [1.165, 1.54) is 38.5 Å². The third kappa shape index (κ3) is 4.94. The van der Waals surface area contributed by atoms with E-state index < -0.39 is 0 Å². The van der Waals surface area contributed by atoms with Crippen LogP contribution in [0.4, 0.5) is 0 Å². The molecule has 17 heavy (non-hydrogen) atoms. The van der Waals surface area contributed by atoms with E-state index in [-0.39, 0.29) is 18.6 Å². The highest BCUT2D eigenvalue weighted by molar-refractivity contribution is 4.81. The third-order valence-corrected chi connectivity index (χ3v) is 4.12. The van der Waals surface area contributed by atoms with Crippen LogP contribution in [0.2, 0.25) is 0 Å². The first-order valence-electron chi connectivity index (χ1n) is 7.08. The van der Waals surface area contributed by atoms with Gasteiger partial charge < -0.3 is 15.5 Å². The summed E-state index contributed by atoms with van der Waals surface area (Å²) in [5.41, 5.74) is -0.375. The number of aliphatic hydroxyl groups is 2. The van der Waals surface area contributed by atoms with Crippen molar-refractivity contribution in [3.8, 4) is 0 Å². The highest BCUT2D eigenvalue weighted by atomic mass is 16.3. The lowest BCUT2D eigenvalue weighted by Gasteiger charge is -2.32. The second kappa shape index (κ2) is 7.34. The maximum Gasteiger partial charge on any atom is 0.0518 e. The van der Waals surface area contributed by atoms with E-state index in [1.807, 2.05) is 6.92 Å². The Balaban J connectivity index is 2.22. The Bertz CT molecular complexity index is 196. The van der Waals surface area contributed by atoms with Crippen LogP contribution in [0, 0.1) is 11.3 Å². The lowest BCUT2D eigenvalue weighted by Crippen LogP contribution is -2.43.